The average Bonchev–Trinajstić information content (AvgIpc) is 2.42. The van der Waals surface area contributed by atoms with Crippen LogP contribution in [0.5, 0.6) is 0 Å². The number of rotatable bonds is 8. The molecule has 0 aliphatic carbocycles. The van der Waals surface area contributed by atoms with Gasteiger partial charge in [0, 0.05) is 29.2 Å². The van der Waals surface area contributed by atoms with Crippen molar-refractivity contribution in [3.8, 4) is 0 Å². The maximum absolute atomic E-state index is 6.12. The highest BCUT2D eigenvalue weighted by molar-refractivity contribution is 6.34. The van der Waals surface area contributed by atoms with E-state index in [0.717, 1.165) is 18.7 Å². The molecule has 0 bridgehead atoms. The second-order valence-corrected chi connectivity index (χ2v) is 6.10. The van der Waals surface area contributed by atoms with E-state index >= 15 is 0 Å². The van der Waals surface area contributed by atoms with Crippen LogP contribution in [0.25, 0.3) is 0 Å². The van der Waals surface area contributed by atoms with Crippen LogP contribution < -0.4 is 5.73 Å². The van der Waals surface area contributed by atoms with E-state index in [2.05, 4.69) is 25.7 Å². The van der Waals surface area contributed by atoms with Gasteiger partial charge in [-0.2, -0.15) is 0 Å². The van der Waals surface area contributed by atoms with Crippen molar-refractivity contribution in [1.82, 2.24) is 4.90 Å². The molecule has 0 saturated carbocycles. The van der Waals surface area contributed by atoms with Gasteiger partial charge in [-0.15, -0.1) is 0 Å². The van der Waals surface area contributed by atoms with Crippen LogP contribution >= 0.6 is 23.2 Å². The van der Waals surface area contributed by atoms with Gasteiger partial charge < -0.3 is 5.73 Å². The van der Waals surface area contributed by atoms with Gasteiger partial charge in [-0.25, -0.2) is 0 Å². The fraction of sp³-hybridized carbons (Fsp3) is 0.625. The number of nitrogens with zero attached hydrogens (tertiary/aromatic N) is 1. The average molecular weight is 317 g/mol. The fourth-order valence-corrected chi connectivity index (χ4v) is 3.16. The van der Waals surface area contributed by atoms with E-state index < -0.39 is 0 Å². The Morgan fingerprint density at radius 1 is 1.05 bits per heavy atom. The molecule has 1 aromatic rings. The Kier molecular flexibility index (Phi) is 7.90. The molecule has 0 aromatic heterocycles. The maximum Gasteiger partial charge on any atom is 0.0471 e. The van der Waals surface area contributed by atoms with E-state index in [0.29, 0.717) is 22.5 Å². The van der Waals surface area contributed by atoms with E-state index in [1.165, 1.54) is 12.8 Å². The number of hydrogen-bond donors (Lipinski definition) is 1. The first kappa shape index (κ1) is 17.8. The van der Waals surface area contributed by atoms with Crippen molar-refractivity contribution in [3.63, 3.8) is 0 Å². The van der Waals surface area contributed by atoms with Crippen molar-refractivity contribution < 1.29 is 0 Å². The van der Waals surface area contributed by atoms with Gasteiger partial charge in [0.1, 0.15) is 0 Å². The first-order valence-corrected chi connectivity index (χ1v) is 8.21. The number of benzene rings is 1. The summed E-state index contributed by atoms with van der Waals surface area (Å²) in [5, 5.41) is 1.34. The first-order valence-electron chi connectivity index (χ1n) is 7.45. The van der Waals surface area contributed by atoms with Crippen molar-refractivity contribution in [2.24, 2.45) is 11.7 Å². The van der Waals surface area contributed by atoms with Crippen molar-refractivity contribution in [1.29, 1.82) is 0 Å². The summed E-state index contributed by atoms with van der Waals surface area (Å²) in [7, 11) is 0. The topological polar surface area (TPSA) is 29.3 Å². The smallest absolute Gasteiger partial charge is 0.0471 e. The second kappa shape index (κ2) is 8.89. The molecule has 2 N–H and O–H groups in total. The lowest BCUT2D eigenvalue weighted by atomic mass is 9.99. The summed E-state index contributed by atoms with van der Waals surface area (Å²) in [6.45, 7) is 9.28. The zero-order valence-electron chi connectivity index (χ0n) is 12.7. The van der Waals surface area contributed by atoms with Crippen LogP contribution in [0.4, 0.5) is 0 Å². The van der Waals surface area contributed by atoms with E-state index in [-0.39, 0.29) is 6.04 Å². The molecule has 114 valence electrons. The minimum Gasteiger partial charge on any atom is -0.329 e. The van der Waals surface area contributed by atoms with Crippen molar-refractivity contribution in [2.45, 2.75) is 39.7 Å². The van der Waals surface area contributed by atoms with Gasteiger partial charge >= 0.3 is 0 Å². The summed E-state index contributed by atoms with van der Waals surface area (Å²) in [5.41, 5.74) is 7.12. The molecule has 0 saturated heterocycles. The molecule has 0 radical (unpaired) electrons. The van der Waals surface area contributed by atoms with Gasteiger partial charge in [0.25, 0.3) is 0 Å². The lowest BCUT2D eigenvalue weighted by Gasteiger charge is -2.33. The highest BCUT2D eigenvalue weighted by atomic mass is 35.5. The maximum atomic E-state index is 6.12. The van der Waals surface area contributed by atoms with Crippen LogP contribution in [0.1, 0.15) is 45.2 Å². The Bertz CT molecular complexity index is 385. The molecular formula is C16H26Cl2N2. The third kappa shape index (κ3) is 4.92. The minimum absolute atomic E-state index is 0.178. The zero-order valence-corrected chi connectivity index (χ0v) is 14.2. The van der Waals surface area contributed by atoms with E-state index in [9.17, 15) is 0 Å². The predicted molar refractivity (Wildman–Crippen MR) is 89.6 cm³/mol. The molecule has 0 spiro atoms. The lowest BCUT2D eigenvalue weighted by molar-refractivity contribution is 0.174. The van der Waals surface area contributed by atoms with E-state index in [1.54, 1.807) is 6.07 Å². The predicted octanol–water partition coefficient (Wildman–Crippen LogP) is 4.75. The normalized spacial score (nSPS) is 13.2. The van der Waals surface area contributed by atoms with Gasteiger partial charge in [0.05, 0.1) is 0 Å². The number of hydrogen-bond acceptors (Lipinski definition) is 2. The van der Waals surface area contributed by atoms with Crippen LogP contribution in [0.3, 0.4) is 0 Å². The molecule has 0 aliphatic heterocycles. The molecule has 2 nitrogen and oxygen atoms in total. The van der Waals surface area contributed by atoms with Crippen LogP contribution in [-0.2, 0) is 0 Å². The summed E-state index contributed by atoms with van der Waals surface area (Å²) in [5.74, 6) is 0.707. The van der Waals surface area contributed by atoms with Gasteiger partial charge in [0.15, 0.2) is 0 Å². The number of halogens is 2. The van der Waals surface area contributed by atoms with Gasteiger partial charge in [-0.05, 0) is 36.2 Å². The summed E-state index contributed by atoms with van der Waals surface area (Å²) in [6, 6.07) is 5.88. The molecule has 1 atom stereocenters. The number of nitrogens with two attached hydrogens (primary N) is 1. The summed E-state index contributed by atoms with van der Waals surface area (Å²) in [4.78, 5) is 2.43. The molecule has 0 heterocycles. The molecule has 0 aliphatic rings. The Hall–Kier alpha value is -0.280. The van der Waals surface area contributed by atoms with Crippen molar-refractivity contribution >= 4 is 23.2 Å². The van der Waals surface area contributed by atoms with Crippen LogP contribution in [-0.4, -0.2) is 24.5 Å². The second-order valence-electron chi connectivity index (χ2n) is 5.22. The Balaban J connectivity index is 2.96. The molecular weight excluding hydrogens is 291 g/mol. The van der Waals surface area contributed by atoms with Gasteiger partial charge in [-0.3, -0.25) is 4.90 Å². The van der Waals surface area contributed by atoms with Crippen molar-refractivity contribution in [3.05, 3.63) is 33.8 Å². The molecule has 1 aromatic carbocycles. The minimum atomic E-state index is 0.178. The monoisotopic (exact) mass is 316 g/mol. The molecule has 0 fully saturated rings. The lowest BCUT2D eigenvalue weighted by Crippen LogP contribution is -2.37. The van der Waals surface area contributed by atoms with Crippen LogP contribution in [0.15, 0.2) is 18.2 Å². The molecule has 1 rings (SSSR count). The molecule has 1 unspecified atom stereocenters. The Labute approximate surface area is 133 Å². The van der Waals surface area contributed by atoms with Gasteiger partial charge in [0.2, 0.25) is 0 Å². The zero-order chi connectivity index (χ0) is 15.1. The molecule has 4 heteroatoms. The van der Waals surface area contributed by atoms with Crippen molar-refractivity contribution in [2.75, 3.05) is 19.6 Å². The Morgan fingerprint density at radius 2 is 1.60 bits per heavy atom. The standard InChI is InChI=1S/C16H26Cl2N2/c1-4-12(5-2)11-20(6-3)16(10-19)13-7-14(17)9-15(18)8-13/h7-9,12,16H,4-6,10-11,19H2,1-3H3. The SMILES string of the molecule is CCC(CC)CN(CC)C(CN)c1cc(Cl)cc(Cl)c1. The third-order valence-corrected chi connectivity index (χ3v) is 4.42. The largest absolute Gasteiger partial charge is 0.329 e. The molecule has 20 heavy (non-hydrogen) atoms. The fourth-order valence-electron chi connectivity index (χ4n) is 2.62. The van der Waals surface area contributed by atoms with E-state index in [1.807, 2.05) is 12.1 Å². The first-order chi connectivity index (χ1) is 9.55. The quantitative estimate of drug-likeness (QED) is 0.749. The highest BCUT2D eigenvalue weighted by Crippen LogP contribution is 2.27. The van der Waals surface area contributed by atoms with Crippen LogP contribution in [0, 0.1) is 5.92 Å². The van der Waals surface area contributed by atoms with Crippen LogP contribution in [0.2, 0.25) is 10.0 Å². The Morgan fingerprint density at radius 3 is 2.00 bits per heavy atom. The highest BCUT2D eigenvalue weighted by Gasteiger charge is 2.20. The summed E-state index contributed by atoms with van der Waals surface area (Å²) >= 11 is 12.2. The van der Waals surface area contributed by atoms with E-state index in [4.69, 9.17) is 28.9 Å². The number of likely N-dealkylation sites (N-methyl/N-ethyl adjacent to an activating group) is 1. The third-order valence-electron chi connectivity index (χ3n) is 3.99. The summed E-state index contributed by atoms with van der Waals surface area (Å²) in [6.07, 6.45) is 2.39. The summed E-state index contributed by atoms with van der Waals surface area (Å²) < 4.78 is 0. The molecule has 0 amide bonds. The van der Waals surface area contributed by atoms with Gasteiger partial charge in [-0.1, -0.05) is 56.8 Å².